The second-order valence-corrected chi connectivity index (χ2v) is 8.47. The van der Waals surface area contributed by atoms with Gasteiger partial charge in [-0.25, -0.2) is 9.80 Å². The van der Waals surface area contributed by atoms with E-state index in [-0.39, 0.29) is 17.6 Å². The van der Waals surface area contributed by atoms with Gasteiger partial charge in [-0.2, -0.15) is 5.10 Å². The molecule has 0 radical (unpaired) electrons. The molecule has 2 aromatic rings. The van der Waals surface area contributed by atoms with Gasteiger partial charge in [0.25, 0.3) is 0 Å². The summed E-state index contributed by atoms with van der Waals surface area (Å²) in [6.45, 7) is 2.31. The van der Waals surface area contributed by atoms with Crippen LogP contribution in [-0.4, -0.2) is 64.4 Å². The second-order valence-electron chi connectivity index (χ2n) is 8.47. The third-order valence-electron chi connectivity index (χ3n) is 6.57. The Morgan fingerprint density at radius 1 is 1.12 bits per heavy atom. The molecule has 5 rings (SSSR count). The standard InChI is InChI=1S/C22H25N5O5/c28-20-16-14(2-1-3-15(16)23-22(31)26-27-8-10-32-11-9-27)19-17(20)18(24-25-19)12-4-6-13(7-5-12)21(29)30/h1-3,12-13H,4-11H2,(H,24,25)(H,29,30)(H2,23,26,31). The number of carbonyl (C=O) groups excluding carboxylic acids is 2. The molecule has 2 fully saturated rings. The zero-order valence-electron chi connectivity index (χ0n) is 17.5. The van der Waals surface area contributed by atoms with Crippen molar-refractivity contribution in [2.75, 3.05) is 31.6 Å². The van der Waals surface area contributed by atoms with Crippen LogP contribution in [0.15, 0.2) is 18.2 Å². The lowest BCUT2D eigenvalue weighted by atomic mass is 9.79. The zero-order chi connectivity index (χ0) is 22.2. The van der Waals surface area contributed by atoms with Gasteiger partial charge in [-0.05, 0) is 31.7 Å². The number of anilines is 1. The van der Waals surface area contributed by atoms with Gasteiger partial charge in [0.1, 0.15) is 5.69 Å². The third-order valence-corrected chi connectivity index (χ3v) is 6.57. The Morgan fingerprint density at radius 3 is 2.59 bits per heavy atom. The third kappa shape index (κ3) is 3.65. The second kappa shape index (κ2) is 8.36. The maximum Gasteiger partial charge on any atom is 0.333 e. The number of hydrogen-bond acceptors (Lipinski definition) is 6. The number of hydrazine groups is 1. The van der Waals surface area contributed by atoms with Crippen LogP contribution in [0.5, 0.6) is 0 Å². The van der Waals surface area contributed by atoms with Gasteiger partial charge in [-0.15, -0.1) is 0 Å². The van der Waals surface area contributed by atoms with E-state index in [1.165, 1.54) is 0 Å². The molecule has 0 spiro atoms. The van der Waals surface area contributed by atoms with Crippen LogP contribution < -0.4 is 10.7 Å². The predicted molar refractivity (Wildman–Crippen MR) is 114 cm³/mol. The number of ether oxygens (including phenoxy) is 1. The normalized spacial score (nSPS) is 22.8. The van der Waals surface area contributed by atoms with Gasteiger partial charge >= 0.3 is 12.0 Å². The van der Waals surface area contributed by atoms with Crippen LogP contribution in [0.1, 0.15) is 53.2 Å². The molecule has 10 heteroatoms. The summed E-state index contributed by atoms with van der Waals surface area (Å²) in [7, 11) is 0. The highest BCUT2D eigenvalue weighted by Crippen LogP contribution is 2.45. The molecule has 168 valence electrons. The van der Waals surface area contributed by atoms with E-state index in [0.29, 0.717) is 80.1 Å². The van der Waals surface area contributed by atoms with Crippen molar-refractivity contribution in [3.05, 3.63) is 35.0 Å². The topological polar surface area (TPSA) is 137 Å². The number of aromatic nitrogens is 2. The van der Waals surface area contributed by atoms with Gasteiger partial charge in [0.15, 0.2) is 5.78 Å². The summed E-state index contributed by atoms with van der Waals surface area (Å²) in [6.07, 6.45) is 2.57. The van der Waals surface area contributed by atoms with Crippen molar-refractivity contribution < 1.29 is 24.2 Å². The van der Waals surface area contributed by atoms with Crippen molar-refractivity contribution in [3.8, 4) is 11.3 Å². The molecule has 2 heterocycles. The van der Waals surface area contributed by atoms with E-state index in [2.05, 4.69) is 20.9 Å². The number of nitrogens with zero attached hydrogens (tertiary/aromatic N) is 2. The monoisotopic (exact) mass is 439 g/mol. The average Bonchev–Trinajstić information content (AvgIpc) is 3.35. The lowest BCUT2D eigenvalue weighted by Crippen LogP contribution is -2.49. The Balaban J connectivity index is 1.35. The number of aliphatic carboxylic acids is 1. The molecule has 1 aliphatic heterocycles. The number of nitrogens with one attached hydrogen (secondary N) is 3. The quantitative estimate of drug-likeness (QED) is 0.490. The number of H-pyrrole nitrogens is 1. The minimum Gasteiger partial charge on any atom is -0.481 e. The molecule has 32 heavy (non-hydrogen) atoms. The first-order valence-corrected chi connectivity index (χ1v) is 10.9. The molecule has 1 aromatic heterocycles. The summed E-state index contributed by atoms with van der Waals surface area (Å²) in [5, 5.41) is 21.3. The number of urea groups is 1. The van der Waals surface area contributed by atoms with Gasteiger partial charge in [0.05, 0.1) is 41.6 Å². The van der Waals surface area contributed by atoms with Crippen LogP contribution in [0.2, 0.25) is 0 Å². The minimum atomic E-state index is -0.757. The smallest absolute Gasteiger partial charge is 0.333 e. The number of carbonyl (C=O) groups is 3. The van der Waals surface area contributed by atoms with Crippen molar-refractivity contribution in [1.29, 1.82) is 0 Å². The summed E-state index contributed by atoms with van der Waals surface area (Å²) in [5.74, 6) is -1.17. The van der Waals surface area contributed by atoms with Crippen molar-refractivity contribution >= 4 is 23.5 Å². The molecule has 2 aliphatic carbocycles. The summed E-state index contributed by atoms with van der Waals surface area (Å²) in [4.78, 5) is 37.2. The molecule has 1 saturated carbocycles. The Kier molecular flexibility index (Phi) is 5.40. The molecule has 0 atom stereocenters. The van der Waals surface area contributed by atoms with E-state index in [1.54, 1.807) is 17.1 Å². The molecule has 3 aliphatic rings. The first-order valence-electron chi connectivity index (χ1n) is 10.9. The highest BCUT2D eigenvalue weighted by atomic mass is 16.5. The van der Waals surface area contributed by atoms with Gasteiger partial charge in [-0.1, -0.05) is 12.1 Å². The summed E-state index contributed by atoms with van der Waals surface area (Å²) < 4.78 is 5.28. The SMILES string of the molecule is O=C(Nc1cccc2c1C(=O)c1c-2n[nH]c1C1CCC(C(=O)O)CC1)NN1CCOCC1. The van der Waals surface area contributed by atoms with Crippen LogP contribution >= 0.6 is 0 Å². The average molecular weight is 439 g/mol. The molecule has 0 bridgehead atoms. The molecule has 1 aromatic carbocycles. The van der Waals surface area contributed by atoms with Crippen LogP contribution in [0.4, 0.5) is 10.5 Å². The number of carboxylic acid groups (broad SMARTS) is 1. The fourth-order valence-corrected chi connectivity index (χ4v) is 4.90. The van der Waals surface area contributed by atoms with E-state index in [1.807, 2.05) is 6.07 Å². The van der Waals surface area contributed by atoms with Crippen LogP contribution in [0.3, 0.4) is 0 Å². The largest absolute Gasteiger partial charge is 0.481 e. The zero-order valence-corrected chi connectivity index (χ0v) is 17.5. The first-order chi connectivity index (χ1) is 15.5. The maximum absolute atomic E-state index is 13.4. The number of ketones is 1. The molecule has 2 amide bonds. The number of morpholine rings is 1. The molecular formula is C22H25N5O5. The molecule has 1 saturated heterocycles. The van der Waals surface area contributed by atoms with Crippen molar-refractivity contribution in [1.82, 2.24) is 20.6 Å². The van der Waals surface area contributed by atoms with Gasteiger partial charge in [0, 0.05) is 24.6 Å². The molecule has 0 unspecified atom stereocenters. The summed E-state index contributed by atoms with van der Waals surface area (Å²) >= 11 is 0. The van der Waals surface area contributed by atoms with Gasteiger partial charge in [0.2, 0.25) is 0 Å². The number of hydrogen-bond donors (Lipinski definition) is 4. The van der Waals surface area contributed by atoms with Crippen LogP contribution in [0.25, 0.3) is 11.3 Å². The fourth-order valence-electron chi connectivity index (χ4n) is 4.90. The van der Waals surface area contributed by atoms with Gasteiger partial charge < -0.3 is 15.2 Å². The van der Waals surface area contributed by atoms with E-state index in [4.69, 9.17) is 4.74 Å². The number of carboxylic acids is 1. The summed E-state index contributed by atoms with van der Waals surface area (Å²) in [6, 6.07) is 4.92. The molecular weight excluding hydrogens is 414 g/mol. The predicted octanol–water partition coefficient (Wildman–Crippen LogP) is 2.35. The van der Waals surface area contributed by atoms with E-state index in [0.717, 1.165) is 5.69 Å². The highest BCUT2D eigenvalue weighted by Gasteiger charge is 2.38. The number of benzene rings is 1. The molecule has 10 nitrogen and oxygen atoms in total. The lowest BCUT2D eigenvalue weighted by Gasteiger charge is -2.27. The highest BCUT2D eigenvalue weighted by molar-refractivity contribution is 6.25. The van der Waals surface area contributed by atoms with E-state index < -0.39 is 12.0 Å². The van der Waals surface area contributed by atoms with Crippen LogP contribution in [0, 0.1) is 5.92 Å². The number of amides is 2. The van der Waals surface area contributed by atoms with E-state index >= 15 is 0 Å². The van der Waals surface area contributed by atoms with Crippen molar-refractivity contribution in [2.24, 2.45) is 5.92 Å². The van der Waals surface area contributed by atoms with Crippen molar-refractivity contribution in [2.45, 2.75) is 31.6 Å². The number of fused-ring (bicyclic) bond motifs is 3. The number of rotatable bonds is 4. The van der Waals surface area contributed by atoms with E-state index in [9.17, 15) is 19.5 Å². The Bertz CT molecular complexity index is 1070. The minimum absolute atomic E-state index is 0.0705. The summed E-state index contributed by atoms with van der Waals surface area (Å²) in [5.41, 5.74) is 6.27. The van der Waals surface area contributed by atoms with Crippen molar-refractivity contribution in [3.63, 3.8) is 0 Å². The maximum atomic E-state index is 13.4. The first kappa shape index (κ1) is 20.7. The fraction of sp³-hybridized carbons (Fsp3) is 0.455. The Hall–Kier alpha value is -3.24. The van der Waals surface area contributed by atoms with Gasteiger partial charge in [-0.3, -0.25) is 20.1 Å². The Morgan fingerprint density at radius 2 is 1.88 bits per heavy atom. The molecule has 4 N–H and O–H groups in total. The lowest BCUT2D eigenvalue weighted by molar-refractivity contribution is -0.142. The Labute approximate surface area is 184 Å². The number of aromatic amines is 1. The van der Waals surface area contributed by atoms with Crippen LogP contribution in [-0.2, 0) is 9.53 Å².